The molecule has 6 nitrogen and oxygen atoms in total. The van der Waals surface area contributed by atoms with Crippen molar-refractivity contribution >= 4 is 27.5 Å². The largest absolute Gasteiger partial charge is 0.471 e. The van der Waals surface area contributed by atoms with Gasteiger partial charge in [0.15, 0.2) is 0 Å². The SMILES string of the molecule is Nc1nnc(N2CCN(C(=O)C(F)(F)F)CC2)s1. The number of anilines is 2. The number of rotatable bonds is 1. The van der Waals surface area contributed by atoms with Gasteiger partial charge in [0.05, 0.1) is 0 Å². The normalized spacial score (nSPS) is 17.1. The van der Waals surface area contributed by atoms with Crippen molar-refractivity contribution in [2.24, 2.45) is 0 Å². The highest BCUT2D eigenvalue weighted by molar-refractivity contribution is 7.18. The molecule has 0 atom stereocenters. The Morgan fingerprint density at radius 1 is 1.22 bits per heavy atom. The van der Waals surface area contributed by atoms with Gasteiger partial charge >= 0.3 is 12.1 Å². The van der Waals surface area contributed by atoms with E-state index in [4.69, 9.17) is 5.73 Å². The molecule has 1 saturated heterocycles. The number of nitrogens with two attached hydrogens (primary N) is 1. The van der Waals surface area contributed by atoms with E-state index in [9.17, 15) is 18.0 Å². The molecule has 18 heavy (non-hydrogen) atoms. The van der Waals surface area contributed by atoms with E-state index in [-0.39, 0.29) is 26.2 Å². The van der Waals surface area contributed by atoms with E-state index in [1.165, 1.54) is 11.3 Å². The standard InChI is InChI=1S/C8H10F3N5OS/c9-8(10,11)5(17)15-1-3-16(4-2-15)7-14-13-6(12)18-7/h1-4H2,(H2,12,13). The lowest BCUT2D eigenvalue weighted by molar-refractivity contribution is -0.185. The van der Waals surface area contributed by atoms with Crippen LogP contribution < -0.4 is 10.6 Å². The lowest BCUT2D eigenvalue weighted by Crippen LogP contribution is -2.52. The molecule has 0 aromatic carbocycles. The molecule has 1 amide bonds. The third-order valence-corrected chi connectivity index (χ3v) is 3.32. The van der Waals surface area contributed by atoms with Crippen LogP contribution in [0.25, 0.3) is 0 Å². The summed E-state index contributed by atoms with van der Waals surface area (Å²) in [7, 11) is 0. The van der Waals surface area contributed by atoms with Gasteiger partial charge in [0.25, 0.3) is 0 Å². The van der Waals surface area contributed by atoms with E-state index < -0.39 is 12.1 Å². The van der Waals surface area contributed by atoms with Crippen molar-refractivity contribution in [3.63, 3.8) is 0 Å². The molecule has 2 rings (SSSR count). The average Bonchev–Trinajstić information content (AvgIpc) is 2.74. The molecule has 1 aromatic rings. The van der Waals surface area contributed by atoms with Crippen LogP contribution >= 0.6 is 11.3 Å². The van der Waals surface area contributed by atoms with Gasteiger partial charge in [-0.1, -0.05) is 11.3 Å². The lowest BCUT2D eigenvalue weighted by Gasteiger charge is -2.34. The third kappa shape index (κ3) is 2.63. The topological polar surface area (TPSA) is 75.3 Å². The van der Waals surface area contributed by atoms with E-state index in [0.717, 1.165) is 4.90 Å². The van der Waals surface area contributed by atoms with Gasteiger partial charge in [-0.3, -0.25) is 4.79 Å². The zero-order valence-electron chi connectivity index (χ0n) is 9.15. The van der Waals surface area contributed by atoms with Crippen LogP contribution in [0, 0.1) is 0 Å². The predicted octanol–water partition coefficient (Wildman–Crippen LogP) is 0.331. The molecule has 1 fully saturated rings. The first-order valence-corrected chi connectivity index (χ1v) is 5.89. The maximum atomic E-state index is 12.2. The summed E-state index contributed by atoms with van der Waals surface area (Å²) in [6.07, 6.45) is -4.81. The second-order valence-corrected chi connectivity index (χ2v) is 4.69. The number of hydrogen-bond acceptors (Lipinski definition) is 6. The molecule has 0 saturated carbocycles. The van der Waals surface area contributed by atoms with E-state index >= 15 is 0 Å². The summed E-state index contributed by atoms with van der Waals surface area (Å²) in [4.78, 5) is 13.6. The van der Waals surface area contributed by atoms with Crippen LogP contribution in [-0.4, -0.2) is 53.4 Å². The van der Waals surface area contributed by atoms with Gasteiger partial charge in [-0.05, 0) is 0 Å². The molecule has 2 heterocycles. The Morgan fingerprint density at radius 3 is 2.28 bits per heavy atom. The van der Waals surface area contributed by atoms with Crippen molar-refractivity contribution < 1.29 is 18.0 Å². The van der Waals surface area contributed by atoms with Crippen molar-refractivity contribution in [1.29, 1.82) is 0 Å². The molecule has 1 aromatic heterocycles. The van der Waals surface area contributed by atoms with Gasteiger partial charge in [-0.15, -0.1) is 10.2 Å². The number of carbonyl (C=O) groups is 1. The summed E-state index contributed by atoms with van der Waals surface area (Å²) in [6, 6.07) is 0. The minimum absolute atomic E-state index is 0.0117. The highest BCUT2D eigenvalue weighted by atomic mass is 32.1. The quantitative estimate of drug-likeness (QED) is 0.803. The fraction of sp³-hybridized carbons (Fsp3) is 0.625. The van der Waals surface area contributed by atoms with Crippen molar-refractivity contribution in [3.05, 3.63) is 0 Å². The highest BCUT2D eigenvalue weighted by Crippen LogP contribution is 2.24. The van der Waals surface area contributed by atoms with Crippen LogP contribution in [0.4, 0.5) is 23.4 Å². The summed E-state index contributed by atoms with van der Waals surface area (Å²) < 4.78 is 36.6. The molecule has 1 aliphatic rings. The number of aromatic nitrogens is 2. The van der Waals surface area contributed by atoms with Gasteiger partial charge < -0.3 is 15.5 Å². The van der Waals surface area contributed by atoms with Crippen LogP contribution in [0.5, 0.6) is 0 Å². The first-order valence-electron chi connectivity index (χ1n) is 5.08. The zero-order chi connectivity index (χ0) is 13.3. The third-order valence-electron chi connectivity index (χ3n) is 2.51. The average molecular weight is 281 g/mol. The Morgan fingerprint density at radius 2 is 1.83 bits per heavy atom. The molecule has 0 radical (unpaired) electrons. The number of carbonyl (C=O) groups excluding carboxylic acids is 1. The maximum Gasteiger partial charge on any atom is 0.471 e. The Hall–Kier alpha value is -1.58. The minimum atomic E-state index is -4.81. The van der Waals surface area contributed by atoms with Gasteiger partial charge in [-0.2, -0.15) is 13.2 Å². The zero-order valence-corrected chi connectivity index (χ0v) is 9.96. The van der Waals surface area contributed by atoms with Gasteiger partial charge in [0, 0.05) is 26.2 Å². The van der Waals surface area contributed by atoms with Crippen LogP contribution in [0.15, 0.2) is 0 Å². The van der Waals surface area contributed by atoms with E-state index in [2.05, 4.69) is 10.2 Å². The van der Waals surface area contributed by atoms with Crippen molar-refractivity contribution in [1.82, 2.24) is 15.1 Å². The van der Waals surface area contributed by atoms with Crippen molar-refractivity contribution in [2.45, 2.75) is 6.18 Å². The van der Waals surface area contributed by atoms with E-state index in [1.807, 2.05) is 0 Å². The molecule has 1 aliphatic heterocycles. The second kappa shape index (κ2) is 4.59. The molecule has 10 heteroatoms. The highest BCUT2D eigenvalue weighted by Gasteiger charge is 2.43. The van der Waals surface area contributed by atoms with Crippen LogP contribution in [0.3, 0.4) is 0 Å². The van der Waals surface area contributed by atoms with Crippen LogP contribution in [0.2, 0.25) is 0 Å². The fourth-order valence-corrected chi connectivity index (χ4v) is 2.30. The first kappa shape index (κ1) is 12.9. The summed E-state index contributed by atoms with van der Waals surface area (Å²) in [5, 5.41) is 8.30. The van der Waals surface area contributed by atoms with Crippen molar-refractivity contribution in [2.75, 3.05) is 36.8 Å². The molecular formula is C8H10F3N5OS. The number of halogens is 3. The summed E-state index contributed by atoms with van der Waals surface area (Å²) >= 11 is 1.17. The number of piperazine rings is 1. The summed E-state index contributed by atoms with van der Waals surface area (Å²) in [5.74, 6) is -1.79. The van der Waals surface area contributed by atoms with Crippen molar-refractivity contribution in [3.8, 4) is 0 Å². The Kier molecular flexibility index (Phi) is 3.28. The molecule has 0 spiro atoms. The molecular weight excluding hydrogens is 271 g/mol. The Labute approximate surface area is 104 Å². The second-order valence-electron chi connectivity index (χ2n) is 3.70. The van der Waals surface area contributed by atoms with Crippen LogP contribution in [-0.2, 0) is 4.79 Å². The lowest BCUT2D eigenvalue weighted by atomic mass is 10.3. The smallest absolute Gasteiger partial charge is 0.374 e. The number of nitrogens with zero attached hydrogens (tertiary/aromatic N) is 4. The number of alkyl halides is 3. The van der Waals surface area contributed by atoms with E-state index in [1.54, 1.807) is 4.90 Å². The summed E-state index contributed by atoms with van der Waals surface area (Å²) in [6.45, 7) is 0.600. The summed E-state index contributed by atoms with van der Waals surface area (Å²) in [5.41, 5.74) is 5.42. The number of nitrogen functional groups attached to an aromatic ring is 1. The first-order chi connectivity index (χ1) is 8.38. The fourth-order valence-electron chi connectivity index (χ4n) is 1.63. The van der Waals surface area contributed by atoms with E-state index in [0.29, 0.717) is 10.3 Å². The van der Waals surface area contributed by atoms with Gasteiger partial charge in [0.2, 0.25) is 10.3 Å². The molecule has 0 bridgehead atoms. The molecule has 0 unspecified atom stereocenters. The monoisotopic (exact) mass is 281 g/mol. The Balaban J connectivity index is 1.94. The number of hydrogen-bond donors (Lipinski definition) is 1. The molecule has 0 aliphatic carbocycles. The molecule has 2 N–H and O–H groups in total. The van der Waals surface area contributed by atoms with Gasteiger partial charge in [0.1, 0.15) is 0 Å². The minimum Gasteiger partial charge on any atom is -0.374 e. The number of amides is 1. The Bertz CT molecular complexity index is 440. The predicted molar refractivity (Wildman–Crippen MR) is 59.2 cm³/mol. The molecule has 100 valence electrons. The van der Waals surface area contributed by atoms with Crippen LogP contribution in [0.1, 0.15) is 0 Å². The maximum absolute atomic E-state index is 12.2. The van der Waals surface area contributed by atoms with Gasteiger partial charge in [-0.25, -0.2) is 0 Å².